The molecule has 3 rings (SSSR count). The summed E-state index contributed by atoms with van der Waals surface area (Å²) in [5, 5.41) is 3.77. The maximum Gasteiger partial charge on any atom is 0.241 e. The van der Waals surface area contributed by atoms with Gasteiger partial charge < -0.3 is 10.3 Å². The van der Waals surface area contributed by atoms with Gasteiger partial charge in [-0.05, 0) is 50.6 Å². The molecule has 3 N–H and O–H groups in total. The van der Waals surface area contributed by atoms with Crippen LogP contribution in [-0.4, -0.2) is 24.8 Å². The number of sulfonamides is 1. The first kappa shape index (κ1) is 19.1. The number of benzene rings is 2. The van der Waals surface area contributed by atoms with Crippen LogP contribution in [-0.2, 0) is 21.2 Å². The van der Waals surface area contributed by atoms with Gasteiger partial charge in [0.2, 0.25) is 15.9 Å². The first-order valence-electron chi connectivity index (χ1n) is 8.63. The van der Waals surface area contributed by atoms with Gasteiger partial charge in [-0.3, -0.25) is 4.79 Å². The molecule has 0 spiro atoms. The third-order valence-electron chi connectivity index (χ3n) is 3.89. The molecule has 6 nitrogen and oxygen atoms in total. The summed E-state index contributed by atoms with van der Waals surface area (Å²) >= 11 is 0. The molecule has 0 saturated heterocycles. The van der Waals surface area contributed by atoms with Gasteiger partial charge in [0.15, 0.2) is 0 Å². The van der Waals surface area contributed by atoms with Crippen LogP contribution in [0.1, 0.15) is 26.3 Å². The normalized spacial score (nSPS) is 12.3. The lowest BCUT2D eigenvalue weighted by Crippen LogP contribution is -2.40. The molecule has 142 valence electrons. The van der Waals surface area contributed by atoms with Gasteiger partial charge in [0.25, 0.3) is 0 Å². The molecule has 0 atom stereocenters. The van der Waals surface area contributed by atoms with Gasteiger partial charge >= 0.3 is 0 Å². The molecule has 0 aliphatic heterocycles. The number of carbonyl (C=O) groups is 1. The Bertz CT molecular complexity index is 1080. The van der Waals surface area contributed by atoms with Gasteiger partial charge in [-0.15, -0.1) is 0 Å². The first-order chi connectivity index (χ1) is 12.6. The van der Waals surface area contributed by atoms with Gasteiger partial charge in [-0.2, -0.15) is 0 Å². The number of rotatable bonds is 5. The van der Waals surface area contributed by atoms with E-state index in [9.17, 15) is 13.2 Å². The molecular weight excluding hydrogens is 362 g/mol. The molecule has 7 heteroatoms. The zero-order chi connectivity index (χ0) is 19.7. The fourth-order valence-corrected chi connectivity index (χ4v) is 4.32. The molecule has 1 amide bonds. The van der Waals surface area contributed by atoms with Crippen molar-refractivity contribution in [3.05, 3.63) is 60.3 Å². The zero-order valence-corrected chi connectivity index (χ0v) is 16.4. The highest BCUT2D eigenvalue weighted by atomic mass is 32.2. The van der Waals surface area contributed by atoms with Crippen LogP contribution in [0.3, 0.4) is 0 Å². The number of anilines is 1. The van der Waals surface area contributed by atoms with Crippen molar-refractivity contribution in [3.63, 3.8) is 0 Å². The van der Waals surface area contributed by atoms with Gasteiger partial charge in [-0.1, -0.05) is 24.3 Å². The summed E-state index contributed by atoms with van der Waals surface area (Å²) in [7, 11) is -3.66. The van der Waals surface area contributed by atoms with Crippen LogP contribution in [0.4, 0.5) is 5.69 Å². The fraction of sp³-hybridized carbons (Fsp3) is 0.250. The Morgan fingerprint density at radius 3 is 2.56 bits per heavy atom. The highest BCUT2D eigenvalue weighted by molar-refractivity contribution is 7.89. The zero-order valence-electron chi connectivity index (χ0n) is 15.5. The molecule has 0 fully saturated rings. The number of hydrogen-bond acceptors (Lipinski definition) is 3. The summed E-state index contributed by atoms with van der Waals surface area (Å²) in [5.41, 5.74) is 1.72. The van der Waals surface area contributed by atoms with Gasteiger partial charge in [0.1, 0.15) is 0 Å². The number of hydrogen-bond donors (Lipinski definition) is 3. The molecular formula is C20H23N3O3S. The van der Waals surface area contributed by atoms with E-state index in [1.54, 1.807) is 32.9 Å². The summed E-state index contributed by atoms with van der Waals surface area (Å²) in [6, 6.07) is 14.0. The van der Waals surface area contributed by atoms with Crippen molar-refractivity contribution in [1.82, 2.24) is 9.71 Å². The lowest BCUT2D eigenvalue weighted by molar-refractivity contribution is -0.115. The van der Waals surface area contributed by atoms with E-state index in [2.05, 4.69) is 15.0 Å². The Balaban J connectivity index is 1.75. The molecule has 0 unspecified atom stereocenters. The van der Waals surface area contributed by atoms with E-state index >= 15 is 0 Å². The molecule has 27 heavy (non-hydrogen) atoms. The van der Waals surface area contributed by atoms with Crippen LogP contribution in [0.2, 0.25) is 0 Å². The second-order valence-corrected chi connectivity index (χ2v) is 9.15. The lowest BCUT2D eigenvalue weighted by atomic mass is 10.1. The van der Waals surface area contributed by atoms with Crippen molar-refractivity contribution in [2.24, 2.45) is 0 Å². The van der Waals surface area contributed by atoms with Crippen LogP contribution < -0.4 is 10.0 Å². The summed E-state index contributed by atoms with van der Waals surface area (Å²) < 4.78 is 27.5. The Labute approximate surface area is 159 Å². The molecule has 3 aromatic rings. The number of H-pyrrole nitrogens is 1. The molecule has 0 bridgehead atoms. The monoisotopic (exact) mass is 385 g/mol. The summed E-state index contributed by atoms with van der Waals surface area (Å²) in [6.07, 6.45) is 2.01. The Kier molecular flexibility index (Phi) is 5.08. The summed E-state index contributed by atoms with van der Waals surface area (Å²) in [4.78, 5) is 15.7. The Hall–Kier alpha value is -2.64. The Morgan fingerprint density at radius 1 is 1.07 bits per heavy atom. The van der Waals surface area contributed by atoms with Gasteiger partial charge in [0, 0.05) is 28.3 Å². The van der Waals surface area contributed by atoms with Crippen LogP contribution in [0.15, 0.2) is 59.6 Å². The van der Waals surface area contributed by atoms with Crippen molar-refractivity contribution < 1.29 is 13.2 Å². The predicted molar refractivity (Wildman–Crippen MR) is 107 cm³/mol. The summed E-state index contributed by atoms with van der Waals surface area (Å²) in [5.74, 6) is -0.210. The van der Waals surface area contributed by atoms with Crippen LogP contribution in [0.25, 0.3) is 10.9 Å². The maximum absolute atomic E-state index is 12.5. The standard InChI is InChI=1S/C20H23N3O3S/c1-20(2,3)23-27(25,26)16-8-6-7-15(12-16)22-19(24)11-14-13-21-18-10-5-4-9-17(14)18/h4-10,12-13,21,23H,11H2,1-3H3,(H,22,24). The van der Waals surface area contributed by atoms with Crippen molar-refractivity contribution in [1.29, 1.82) is 0 Å². The lowest BCUT2D eigenvalue weighted by Gasteiger charge is -2.20. The number of nitrogens with one attached hydrogen (secondary N) is 3. The molecule has 2 aromatic carbocycles. The number of para-hydroxylation sites is 1. The minimum absolute atomic E-state index is 0.113. The molecule has 1 aromatic heterocycles. The topological polar surface area (TPSA) is 91.1 Å². The van der Waals surface area contributed by atoms with E-state index in [4.69, 9.17) is 0 Å². The van der Waals surface area contributed by atoms with Crippen LogP contribution >= 0.6 is 0 Å². The maximum atomic E-state index is 12.5. The van der Waals surface area contributed by atoms with E-state index in [1.165, 1.54) is 12.1 Å². The van der Waals surface area contributed by atoms with E-state index in [1.807, 2.05) is 30.5 Å². The quantitative estimate of drug-likeness (QED) is 0.628. The first-order valence-corrected chi connectivity index (χ1v) is 10.1. The minimum atomic E-state index is -3.66. The third kappa shape index (κ3) is 4.75. The van der Waals surface area contributed by atoms with E-state index in [0.29, 0.717) is 5.69 Å². The van der Waals surface area contributed by atoms with Crippen molar-refractivity contribution >= 4 is 32.5 Å². The third-order valence-corrected chi connectivity index (χ3v) is 5.65. The Morgan fingerprint density at radius 2 is 1.81 bits per heavy atom. The smallest absolute Gasteiger partial charge is 0.241 e. The molecule has 0 saturated carbocycles. The van der Waals surface area contributed by atoms with Crippen molar-refractivity contribution in [2.75, 3.05) is 5.32 Å². The van der Waals surface area contributed by atoms with Crippen molar-refractivity contribution in [2.45, 2.75) is 37.6 Å². The molecule has 0 aliphatic carbocycles. The largest absolute Gasteiger partial charge is 0.361 e. The average molecular weight is 385 g/mol. The predicted octanol–water partition coefficient (Wildman–Crippen LogP) is 3.43. The van der Waals surface area contributed by atoms with E-state index in [-0.39, 0.29) is 17.2 Å². The minimum Gasteiger partial charge on any atom is -0.361 e. The number of aromatic amines is 1. The van der Waals surface area contributed by atoms with E-state index < -0.39 is 15.6 Å². The molecule has 1 heterocycles. The fourth-order valence-electron chi connectivity index (χ4n) is 2.86. The molecule has 0 radical (unpaired) electrons. The van der Waals surface area contributed by atoms with E-state index in [0.717, 1.165) is 16.5 Å². The number of carbonyl (C=O) groups excluding carboxylic acids is 1. The highest BCUT2D eigenvalue weighted by Crippen LogP contribution is 2.20. The van der Waals surface area contributed by atoms with Crippen molar-refractivity contribution in [3.8, 4) is 0 Å². The van der Waals surface area contributed by atoms with Crippen LogP contribution in [0.5, 0.6) is 0 Å². The SMILES string of the molecule is CC(C)(C)NS(=O)(=O)c1cccc(NC(=O)Cc2c[nH]c3ccccc23)c1. The highest BCUT2D eigenvalue weighted by Gasteiger charge is 2.22. The van der Waals surface area contributed by atoms with Gasteiger partial charge in [-0.25, -0.2) is 13.1 Å². The van der Waals surface area contributed by atoms with Crippen LogP contribution in [0, 0.1) is 0 Å². The number of aromatic nitrogens is 1. The number of amides is 1. The average Bonchev–Trinajstić information content (AvgIpc) is 2.96. The number of fused-ring (bicyclic) bond motifs is 1. The second kappa shape index (κ2) is 7.17. The summed E-state index contributed by atoms with van der Waals surface area (Å²) in [6.45, 7) is 5.33. The second-order valence-electron chi connectivity index (χ2n) is 7.47. The van der Waals surface area contributed by atoms with Gasteiger partial charge in [0.05, 0.1) is 11.3 Å². The molecule has 0 aliphatic rings.